The first-order valence-corrected chi connectivity index (χ1v) is 11.9. The van der Waals surface area contributed by atoms with Gasteiger partial charge in [-0.1, -0.05) is 0 Å². The van der Waals surface area contributed by atoms with Gasteiger partial charge in [-0.2, -0.15) is 0 Å². The minimum absolute atomic E-state index is 0.0648. The molecule has 0 unspecified atom stereocenters. The highest BCUT2D eigenvalue weighted by molar-refractivity contribution is 5.84. The number of carbonyl (C=O) groups is 1. The maximum absolute atomic E-state index is 14.6. The Bertz CT molecular complexity index is 1270. The van der Waals surface area contributed by atoms with E-state index in [9.17, 15) is 9.18 Å². The lowest BCUT2D eigenvalue weighted by atomic mass is 9.86. The van der Waals surface area contributed by atoms with E-state index >= 15 is 0 Å². The normalized spacial score (nSPS) is 19.9. The Labute approximate surface area is 204 Å². The van der Waals surface area contributed by atoms with Crippen LogP contribution in [0.3, 0.4) is 0 Å². The van der Waals surface area contributed by atoms with Gasteiger partial charge in [0.05, 0.1) is 23.3 Å². The van der Waals surface area contributed by atoms with E-state index in [4.69, 9.17) is 4.98 Å². The maximum Gasteiger partial charge on any atom is 0.230 e. The number of pyridine rings is 2. The van der Waals surface area contributed by atoms with Crippen LogP contribution in [-0.2, 0) is 11.2 Å². The van der Waals surface area contributed by atoms with Crippen molar-refractivity contribution in [2.45, 2.75) is 44.6 Å². The molecule has 3 aromatic heterocycles. The number of aryl methyl sites for hydroxylation is 2. The number of hydrogen-bond donors (Lipinski definition) is 1. The fourth-order valence-electron chi connectivity index (χ4n) is 5.09. The first-order valence-electron chi connectivity index (χ1n) is 11.9. The van der Waals surface area contributed by atoms with Gasteiger partial charge in [0.25, 0.3) is 0 Å². The molecule has 0 bridgehead atoms. The van der Waals surface area contributed by atoms with Crippen molar-refractivity contribution in [1.29, 1.82) is 0 Å². The molecule has 8 nitrogen and oxygen atoms in total. The number of hydrogen-bond acceptors (Lipinski definition) is 7. The molecule has 1 N–H and O–H groups in total. The standard InChI is InChI=1S/C26H30FN7O/c1-16(19-13-22(33(3)4)30-14-21(19)27)25(35)34-11-8-26(15-34)7-6-18-12-20(17(2)31-23(18)32-26)24-28-9-5-10-29-24/h5,9-10,12-14,16H,6-8,11,15H2,1-4H3,(H,31,32)/t16-,26+/m1/s1. The number of amides is 1. The zero-order valence-corrected chi connectivity index (χ0v) is 20.5. The molecule has 5 heterocycles. The summed E-state index contributed by atoms with van der Waals surface area (Å²) in [6, 6.07) is 5.59. The maximum atomic E-state index is 14.6. The number of aromatic nitrogens is 4. The van der Waals surface area contributed by atoms with Gasteiger partial charge in [0, 0.05) is 50.7 Å². The number of halogens is 1. The molecule has 2 aliphatic heterocycles. The second kappa shape index (κ2) is 8.87. The minimum Gasteiger partial charge on any atom is -0.363 e. The molecule has 0 aromatic carbocycles. The van der Waals surface area contributed by atoms with Crippen molar-refractivity contribution in [2.75, 3.05) is 37.4 Å². The highest BCUT2D eigenvalue weighted by Crippen LogP contribution is 2.38. The average Bonchev–Trinajstić information content (AvgIpc) is 3.26. The largest absolute Gasteiger partial charge is 0.363 e. The summed E-state index contributed by atoms with van der Waals surface area (Å²) in [6.07, 6.45) is 7.25. The third-order valence-corrected chi connectivity index (χ3v) is 7.19. The van der Waals surface area contributed by atoms with Crippen LogP contribution in [0.1, 0.15) is 42.5 Å². The van der Waals surface area contributed by atoms with Crippen LogP contribution in [0.5, 0.6) is 0 Å². The minimum atomic E-state index is -0.587. The van der Waals surface area contributed by atoms with Gasteiger partial charge in [-0.3, -0.25) is 4.79 Å². The van der Waals surface area contributed by atoms with Crippen molar-refractivity contribution >= 4 is 17.5 Å². The molecule has 2 atom stereocenters. The van der Waals surface area contributed by atoms with Crippen molar-refractivity contribution in [3.63, 3.8) is 0 Å². The van der Waals surface area contributed by atoms with E-state index in [-0.39, 0.29) is 11.4 Å². The fourth-order valence-corrected chi connectivity index (χ4v) is 5.09. The van der Waals surface area contributed by atoms with Crippen LogP contribution < -0.4 is 10.2 Å². The third kappa shape index (κ3) is 4.31. The molecule has 1 fully saturated rings. The average molecular weight is 476 g/mol. The molecule has 0 aliphatic carbocycles. The van der Waals surface area contributed by atoms with E-state index in [1.807, 2.05) is 25.9 Å². The van der Waals surface area contributed by atoms with Crippen molar-refractivity contribution in [3.8, 4) is 11.4 Å². The third-order valence-electron chi connectivity index (χ3n) is 7.19. The van der Waals surface area contributed by atoms with Gasteiger partial charge in [-0.05, 0) is 56.9 Å². The lowest BCUT2D eigenvalue weighted by Crippen LogP contribution is -2.46. The Morgan fingerprint density at radius 1 is 1.20 bits per heavy atom. The quantitative estimate of drug-likeness (QED) is 0.617. The summed E-state index contributed by atoms with van der Waals surface area (Å²) in [4.78, 5) is 34.7. The molecule has 5 rings (SSSR count). The zero-order valence-electron chi connectivity index (χ0n) is 20.5. The second-order valence-corrected chi connectivity index (χ2v) is 9.80. The molecule has 1 spiro atoms. The Morgan fingerprint density at radius 2 is 1.97 bits per heavy atom. The van der Waals surface area contributed by atoms with E-state index in [1.165, 1.54) is 6.20 Å². The molecule has 35 heavy (non-hydrogen) atoms. The summed E-state index contributed by atoms with van der Waals surface area (Å²) in [7, 11) is 3.69. The second-order valence-electron chi connectivity index (χ2n) is 9.80. The van der Waals surface area contributed by atoms with Gasteiger partial charge in [0.2, 0.25) is 5.91 Å². The van der Waals surface area contributed by atoms with Crippen LogP contribution in [-0.4, -0.2) is 63.5 Å². The number of carbonyl (C=O) groups excluding carboxylic acids is 1. The van der Waals surface area contributed by atoms with Crippen molar-refractivity contribution in [3.05, 3.63) is 59.4 Å². The van der Waals surface area contributed by atoms with E-state index < -0.39 is 11.7 Å². The monoisotopic (exact) mass is 475 g/mol. The molecular weight excluding hydrogens is 445 g/mol. The fraction of sp³-hybridized carbons (Fsp3) is 0.423. The lowest BCUT2D eigenvalue weighted by Gasteiger charge is -2.36. The summed E-state index contributed by atoms with van der Waals surface area (Å²) in [5.41, 5.74) is 3.10. The van der Waals surface area contributed by atoms with E-state index in [2.05, 4.69) is 26.3 Å². The van der Waals surface area contributed by atoms with Gasteiger partial charge >= 0.3 is 0 Å². The first-order chi connectivity index (χ1) is 16.8. The Hall–Kier alpha value is -3.62. The lowest BCUT2D eigenvalue weighted by molar-refractivity contribution is -0.131. The van der Waals surface area contributed by atoms with E-state index in [0.29, 0.717) is 30.3 Å². The number of nitrogens with zero attached hydrogens (tertiary/aromatic N) is 6. The molecule has 3 aromatic rings. The molecule has 9 heteroatoms. The van der Waals surface area contributed by atoms with Crippen LogP contribution in [0, 0.1) is 12.7 Å². The van der Waals surface area contributed by atoms with Gasteiger partial charge in [0.15, 0.2) is 5.82 Å². The summed E-state index contributed by atoms with van der Waals surface area (Å²) >= 11 is 0. The molecular formula is C26H30FN7O. The number of rotatable bonds is 4. The summed E-state index contributed by atoms with van der Waals surface area (Å²) in [5.74, 6) is 1.07. The van der Waals surface area contributed by atoms with Gasteiger partial charge in [0.1, 0.15) is 17.5 Å². The number of anilines is 2. The van der Waals surface area contributed by atoms with Crippen molar-refractivity contribution in [1.82, 2.24) is 24.8 Å². The highest BCUT2D eigenvalue weighted by atomic mass is 19.1. The summed E-state index contributed by atoms with van der Waals surface area (Å²) in [5, 5.41) is 3.65. The topological polar surface area (TPSA) is 87.1 Å². The van der Waals surface area contributed by atoms with Crippen LogP contribution in [0.4, 0.5) is 16.0 Å². The number of fused-ring (bicyclic) bond motifs is 1. The van der Waals surface area contributed by atoms with Crippen molar-refractivity contribution in [2.24, 2.45) is 0 Å². The zero-order chi connectivity index (χ0) is 24.7. The van der Waals surface area contributed by atoms with Gasteiger partial charge in [-0.15, -0.1) is 0 Å². The highest BCUT2D eigenvalue weighted by Gasteiger charge is 2.43. The van der Waals surface area contributed by atoms with E-state index in [0.717, 1.165) is 41.9 Å². The molecule has 0 saturated carbocycles. The molecule has 182 valence electrons. The Morgan fingerprint density at radius 3 is 2.71 bits per heavy atom. The summed E-state index contributed by atoms with van der Waals surface area (Å²) < 4.78 is 14.6. The molecule has 1 amide bonds. The number of nitrogens with one attached hydrogen (secondary N) is 1. The van der Waals surface area contributed by atoms with Gasteiger partial charge in [-0.25, -0.2) is 24.3 Å². The van der Waals surface area contributed by atoms with Crippen LogP contribution in [0.25, 0.3) is 11.4 Å². The molecule has 1 saturated heterocycles. The Kier molecular flexibility index (Phi) is 5.86. The SMILES string of the molecule is Cc1nc2c(cc1-c1ncccn1)CC[C@@]1(CCN(C(=O)[C@H](C)c3cc(N(C)C)ncc3F)C1)N2. The van der Waals surface area contributed by atoms with E-state index in [1.54, 1.807) is 36.4 Å². The Balaban J connectivity index is 1.33. The number of likely N-dealkylation sites (tertiary alicyclic amines) is 1. The van der Waals surface area contributed by atoms with Gasteiger partial charge < -0.3 is 15.1 Å². The summed E-state index contributed by atoms with van der Waals surface area (Å²) in [6.45, 7) is 4.94. The molecule has 0 radical (unpaired) electrons. The van der Waals surface area contributed by atoms with Crippen LogP contribution in [0.15, 0.2) is 36.8 Å². The predicted molar refractivity (Wildman–Crippen MR) is 133 cm³/mol. The van der Waals surface area contributed by atoms with Crippen molar-refractivity contribution < 1.29 is 9.18 Å². The predicted octanol–water partition coefficient (Wildman–Crippen LogP) is 3.58. The van der Waals surface area contributed by atoms with Crippen LogP contribution in [0.2, 0.25) is 0 Å². The van der Waals surface area contributed by atoms with Crippen LogP contribution >= 0.6 is 0 Å². The smallest absolute Gasteiger partial charge is 0.230 e. The first kappa shape index (κ1) is 23.1. The molecule has 2 aliphatic rings.